The largest absolute Gasteiger partial charge is 0.482 e. The summed E-state index contributed by atoms with van der Waals surface area (Å²) in [5, 5.41) is 2.74. The summed E-state index contributed by atoms with van der Waals surface area (Å²) in [5.41, 5.74) is 3.45. The first-order valence-corrected chi connectivity index (χ1v) is 8.70. The fourth-order valence-electron chi connectivity index (χ4n) is 2.27. The van der Waals surface area contributed by atoms with Crippen molar-refractivity contribution < 1.29 is 19.1 Å². The van der Waals surface area contributed by atoms with E-state index in [1.807, 2.05) is 50.2 Å². The van der Waals surface area contributed by atoms with Gasteiger partial charge in [0.05, 0.1) is 6.54 Å². The molecule has 2 rings (SSSR count). The van der Waals surface area contributed by atoms with Crippen LogP contribution in [0.25, 0.3) is 0 Å². The molecule has 0 bridgehead atoms. The number of ether oxygens (including phenoxy) is 2. The number of amides is 1. The number of hydrogen-bond donors (Lipinski definition) is 1. The second-order valence-electron chi connectivity index (χ2n) is 6.16. The van der Waals surface area contributed by atoms with E-state index in [-0.39, 0.29) is 19.1 Å². The van der Waals surface area contributed by atoms with Crippen molar-refractivity contribution in [2.75, 3.05) is 19.8 Å². The molecule has 0 saturated heterocycles. The molecular weight excluding hydrogens is 330 g/mol. The third kappa shape index (κ3) is 7.38. The monoisotopic (exact) mass is 355 g/mol. The molecule has 0 radical (unpaired) electrons. The van der Waals surface area contributed by atoms with Crippen LogP contribution in [0.1, 0.15) is 23.1 Å². The summed E-state index contributed by atoms with van der Waals surface area (Å²) in [6, 6.07) is 15.5. The molecule has 0 heterocycles. The molecule has 1 amide bonds. The highest BCUT2D eigenvalue weighted by atomic mass is 16.6. The lowest BCUT2D eigenvalue weighted by Crippen LogP contribution is -2.29. The van der Waals surface area contributed by atoms with Crippen molar-refractivity contribution in [1.82, 2.24) is 5.32 Å². The van der Waals surface area contributed by atoms with Gasteiger partial charge in [0.25, 0.3) is 0 Å². The molecule has 138 valence electrons. The molecule has 0 aliphatic rings. The van der Waals surface area contributed by atoms with Crippen LogP contribution in [0.3, 0.4) is 0 Å². The summed E-state index contributed by atoms with van der Waals surface area (Å²) < 4.78 is 10.4. The van der Waals surface area contributed by atoms with E-state index in [4.69, 9.17) is 9.47 Å². The highest BCUT2D eigenvalue weighted by molar-refractivity contribution is 5.76. The van der Waals surface area contributed by atoms with Crippen molar-refractivity contribution in [3.05, 3.63) is 65.2 Å². The summed E-state index contributed by atoms with van der Waals surface area (Å²) in [5.74, 6) is 0.106. The molecule has 0 aliphatic carbocycles. The highest BCUT2D eigenvalue weighted by Crippen LogP contribution is 2.11. The average molecular weight is 355 g/mol. The number of esters is 1. The molecule has 1 N–H and O–H groups in total. The smallest absolute Gasteiger partial charge is 0.344 e. The van der Waals surface area contributed by atoms with E-state index in [0.29, 0.717) is 25.1 Å². The summed E-state index contributed by atoms with van der Waals surface area (Å²) >= 11 is 0. The lowest BCUT2D eigenvalue weighted by Gasteiger charge is -2.08. The van der Waals surface area contributed by atoms with Crippen molar-refractivity contribution in [3.63, 3.8) is 0 Å². The number of rotatable bonds is 9. The van der Waals surface area contributed by atoms with Crippen LogP contribution in [-0.4, -0.2) is 31.6 Å². The Labute approximate surface area is 154 Å². The summed E-state index contributed by atoms with van der Waals surface area (Å²) in [4.78, 5) is 23.4. The number of hydrogen-bond acceptors (Lipinski definition) is 4. The van der Waals surface area contributed by atoms with E-state index in [1.165, 1.54) is 5.56 Å². The van der Waals surface area contributed by atoms with Crippen LogP contribution < -0.4 is 10.1 Å². The van der Waals surface area contributed by atoms with Gasteiger partial charge < -0.3 is 14.8 Å². The highest BCUT2D eigenvalue weighted by Gasteiger charge is 2.06. The van der Waals surface area contributed by atoms with Crippen LogP contribution in [0.2, 0.25) is 0 Å². The Morgan fingerprint density at radius 1 is 0.923 bits per heavy atom. The van der Waals surface area contributed by atoms with E-state index in [1.54, 1.807) is 12.1 Å². The molecule has 0 spiro atoms. The van der Waals surface area contributed by atoms with Crippen molar-refractivity contribution in [2.45, 2.75) is 26.7 Å². The lowest BCUT2D eigenvalue weighted by atomic mass is 10.1. The van der Waals surface area contributed by atoms with Gasteiger partial charge in [-0.15, -0.1) is 0 Å². The number of aryl methyl sites for hydroxylation is 3. The van der Waals surface area contributed by atoms with Gasteiger partial charge in [0.15, 0.2) is 6.61 Å². The van der Waals surface area contributed by atoms with Crippen molar-refractivity contribution in [2.24, 2.45) is 0 Å². The fourth-order valence-corrected chi connectivity index (χ4v) is 2.27. The second kappa shape index (κ2) is 10.2. The molecule has 0 aromatic heterocycles. The van der Waals surface area contributed by atoms with Gasteiger partial charge in [-0.05, 0) is 38.0 Å². The number of carbonyl (C=O) groups excluding carboxylic acids is 2. The molecule has 26 heavy (non-hydrogen) atoms. The van der Waals surface area contributed by atoms with Crippen LogP contribution in [0.4, 0.5) is 0 Å². The minimum Gasteiger partial charge on any atom is -0.482 e. The molecule has 5 heteroatoms. The maximum atomic E-state index is 11.8. The van der Waals surface area contributed by atoms with Gasteiger partial charge >= 0.3 is 5.97 Å². The molecule has 0 aliphatic heterocycles. The van der Waals surface area contributed by atoms with Gasteiger partial charge in [-0.2, -0.15) is 0 Å². The number of carbonyl (C=O) groups is 2. The molecule has 5 nitrogen and oxygen atoms in total. The average Bonchev–Trinajstić information content (AvgIpc) is 2.64. The first-order valence-electron chi connectivity index (χ1n) is 8.70. The Morgan fingerprint density at radius 3 is 2.19 bits per heavy atom. The first kappa shape index (κ1) is 19.5. The first-order chi connectivity index (χ1) is 12.5. The number of nitrogens with one attached hydrogen (secondary N) is 1. The molecule has 0 fully saturated rings. The van der Waals surface area contributed by atoms with Crippen molar-refractivity contribution in [3.8, 4) is 5.75 Å². The van der Waals surface area contributed by atoms with Crippen molar-refractivity contribution >= 4 is 11.9 Å². The third-order valence-electron chi connectivity index (χ3n) is 3.83. The standard InChI is InChI=1S/C21H25NO4/c1-16-3-7-18(8-4-16)9-12-20(23)22-13-14-25-21(24)15-26-19-10-5-17(2)6-11-19/h3-8,10-11H,9,12-15H2,1-2H3,(H,22,23). The summed E-state index contributed by atoms with van der Waals surface area (Å²) in [6.07, 6.45) is 1.10. The van der Waals surface area contributed by atoms with Crippen LogP contribution in [0, 0.1) is 13.8 Å². The van der Waals surface area contributed by atoms with E-state index in [0.717, 1.165) is 11.1 Å². The van der Waals surface area contributed by atoms with E-state index < -0.39 is 5.97 Å². The maximum Gasteiger partial charge on any atom is 0.344 e. The molecule has 0 atom stereocenters. The lowest BCUT2D eigenvalue weighted by molar-refractivity contribution is -0.146. The van der Waals surface area contributed by atoms with Crippen LogP contribution in [-0.2, 0) is 20.7 Å². The van der Waals surface area contributed by atoms with E-state index >= 15 is 0 Å². The van der Waals surface area contributed by atoms with Crippen LogP contribution >= 0.6 is 0 Å². The normalized spacial score (nSPS) is 10.2. The van der Waals surface area contributed by atoms with Crippen LogP contribution in [0.15, 0.2) is 48.5 Å². The fraction of sp³-hybridized carbons (Fsp3) is 0.333. The Morgan fingerprint density at radius 2 is 1.54 bits per heavy atom. The predicted molar refractivity (Wildman–Crippen MR) is 100 cm³/mol. The molecule has 2 aromatic carbocycles. The van der Waals surface area contributed by atoms with Gasteiger partial charge in [-0.3, -0.25) is 4.79 Å². The van der Waals surface area contributed by atoms with Gasteiger partial charge in [-0.25, -0.2) is 4.79 Å². The summed E-state index contributed by atoms with van der Waals surface area (Å²) in [7, 11) is 0. The quantitative estimate of drug-likeness (QED) is 0.555. The topological polar surface area (TPSA) is 64.6 Å². The zero-order valence-corrected chi connectivity index (χ0v) is 15.3. The minimum absolute atomic E-state index is 0.0578. The predicted octanol–water partition coefficient (Wildman–Crippen LogP) is 2.97. The Bertz CT molecular complexity index is 644. The molecular formula is C21H25NO4. The molecule has 0 saturated carbocycles. The van der Waals surface area contributed by atoms with Gasteiger partial charge in [0.1, 0.15) is 12.4 Å². The van der Waals surface area contributed by atoms with Gasteiger partial charge in [0, 0.05) is 6.42 Å². The van der Waals surface area contributed by atoms with Gasteiger partial charge in [-0.1, -0.05) is 47.5 Å². The van der Waals surface area contributed by atoms with E-state index in [2.05, 4.69) is 5.32 Å². The Hall–Kier alpha value is -2.82. The van der Waals surface area contributed by atoms with Gasteiger partial charge in [0.2, 0.25) is 5.91 Å². The Balaban J connectivity index is 1.54. The molecule has 2 aromatic rings. The molecule has 0 unspecified atom stereocenters. The maximum absolute atomic E-state index is 11.8. The third-order valence-corrected chi connectivity index (χ3v) is 3.83. The van der Waals surface area contributed by atoms with E-state index in [9.17, 15) is 9.59 Å². The second-order valence-corrected chi connectivity index (χ2v) is 6.16. The zero-order valence-electron chi connectivity index (χ0n) is 15.3. The Kier molecular flexibility index (Phi) is 7.68. The van der Waals surface area contributed by atoms with Crippen LogP contribution in [0.5, 0.6) is 5.75 Å². The van der Waals surface area contributed by atoms with Crippen molar-refractivity contribution in [1.29, 1.82) is 0 Å². The summed E-state index contributed by atoms with van der Waals surface area (Å²) in [6.45, 7) is 4.29. The SMILES string of the molecule is Cc1ccc(CCC(=O)NCCOC(=O)COc2ccc(C)cc2)cc1. The zero-order chi connectivity index (χ0) is 18.8. The number of benzene rings is 2. The minimum atomic E-state index is -0.459.